The summed E-state index contributed by atoms with van der Waals surface area (Å²) in [6.07, 6.45) is -1.85. The molecule has 0 spiro atoms. The van der Waals surface area contributed by atoms with Crippen LogP contribution in [0.1, 0.15) is 6.42 Å². The van der Waals surface area contributed by atoms with Gasteiger partial charge in [-0.1, -0.05) is 0 Å². The number of nitrogens with zero attached hydrogens (tertiary/aromatic N) is 3. The SMILES string of the molecule is FC(F)(F)CN1CCC(CNc2ncns2)C1. The smallest absolute Gasteiger partial charge is 0.360 e. The minimum Gasteiger partial charge on any atom is -0.360 e. The molecule has 1 unspecified atom stereocenters. The molecule has 8 heteroatoms. The Morgan fingerprint density at radius 3 is 3.00 bits per heavy atom. The molecule has 0 bridgehead atoms. The van der Waals surface area contributed by atoms with Crippen molar-refractivity contribution in [2.75, 3.05) is 31.5 Å². The summed E-state index contributed by atoms with van der Waals surface area (Å²) in [4.78, 5) is 5.41. The number of nitrogens with one attached hydrogen (secondary N) is 1. The summed E-state index contributed by atoms with van der Waals surface area (Å²) in [5.74, 6) is 0.251. The van der Waals surface area contributed by atoms with Crippen molar-refractivity contribution < 1.29 is 13.2 Å². The molecule has 0 saturated carbocycles. The van der Waals surface area contributed by atoms with Gasteiger partial charge in [0.2, 0.25) is 5.13 Å². The van der Waals surface area contributed by atoms with Crippen molar-refractivity contribution in [3.05, 3.63) is 6.33 Å². The van der Waals surface area contributed by atoms with E-state index in [4.69, 9.17) is 0 Å². The molecule has 1 aromatic rings. The fourth-order valence-corrected chi connectivity index (χ4v) is 2.40. The average Bonchev–Trinajstić information content (AvgIpc) is 2.82. The van der Waals surface area contributed by atoms with E-state index in [1.54, 1.807) is 0 Å². The average molecular weight is 266 g/mol. The molecule has 17 heavy (non-hydrogen) atoms. The fourth-order valence-electron chi connectivity index (χ4n) is 1.96. The maximum absolute atomic E-state index is 12.2. The van der Waals surface area contributed by atoms with Crippen LogP contribution in [0.5, 0.6) is 0 Å². The summed E-state index contributed by atoms with van der Waals surface area (Å²) < 4.78 is 40.3. The number of likely N-dealkylation sites (tertiary alicyclic amines) is 1. The van der Waals surface area contributed by atoms with E-state index >= 15 is 0 Å². The van der Waals surface area contributed by atoms with Gasteiger partial charge in [-0.2, -0.15) is 17.5 Å². The number of rotatable bonds is 4. The second kappa shape index (κ2) is 5.18. The van der Waals surface area contributed by atoms with Crippen molar-refractivity contribution in [2.45, 2.75) is 12.6 Å². The first-order chi connectivity index (χ1) is 8.03. The van der Waals surface area contributed by atoms with Gasteiger partial charge in [0.05, 0.1) is 6.54 Å². The molecule has 1 N–H and O–H groups in total. The van der Waals surface area contributed by atoms with Crippen LogP contribution < -0.4 is 5.32 Å². The summed E-state index contributed by atoms with van der Waals surface area (Å²) in [5.41, 5.74) is 0. The molecule has 1 atom stereocenters. The monoisotopic (exact) mass is 266 g/mol. The molecule has 1 aliphatic heterocycles. The highest BCUT2D eigenvalue weighted by atomic mass is 32.1. The largest absolute Gasteiger partial charge is 0.401 e. The normalized spacial score (nSPS) is 21.9. The van der Waals surface area contributed by atoms with Crippen LogP contribution in [0.15, 0.2) is 6.33 Å². The van der Waals surface area contributed by atoms with Gasteiger partial charge in [-0.3, -0.25) is 4.90 Å². The zero-order valence-corrected chi connectivity index (χ0v) is 9.89. The predicted molar refractivity (Wildman–Crippen MR) is 59.0 cm³/mol. The molecule has 0 aromatic carbocycles. The van der Waals surface area contributed by atoms with Gasteiger partial charge in [0.1, 0.15) is 6.33 Å². The third kappa shape index (κ3) is 4.12. The Labute approximate surface area is 101 Å². The molecule has 1 saturated heterocycles. The Morgan fingerprint density at radius 1 is 1.53 bits per heavy atom. The fraction of sp³-hybridized carbons (Fsp3) is 0.778. The topological polar surface area (TPSA) is 41.0 Å². The summed E-state index contributed by atoms with van der Waals surface area (Å²) in [6.45, 7) is 0.860. The molecule has 96 valence electrons. The lowest BCUT2D eigenvalue weighted by Crippen LogP contribution is -2.33. The number of halogens is 3. The van der Waals surface area contributed by atoms with Crippen molar-refractivity contribution in [1.82, 2.24) is 14.3 Å². The first-order valence-electron chi connectivity index (χ1n) is 5.32. The lowest BCUT2D eigenvalue weighted by atomic mass is 10.1. The van der Waals surface area contributed by atoms with Crippen molar-refractivity contribution in [1.29, 1.82) is 0 Å². The van der Waals surface area contributed by atoms with Crippen LogP contribution >= 0.6 is 11.5 Å². The summed E-state index contributed by atoms with van der Waals surface area (Å²) in [7, 11) is 0. The van der Waals surface area contributed by atoms with E-state index in [-0.39, 0.29) is 5.92 Å². The van der Waals surface area contributed by atoms with Crippen LogP contribution in [0, 0.1) is 5.92 Å². The standard InChI is InChI=1S/C9H13F3N4S/c10-9(11,12)5-16-2-1-7(4-16)3-13-8-14-6-15-17-8/h6-7H,1-5H2,(H,13,14,15). The molecule has 0 aliphatic carbocycles. The molecule has 0 amide bonds. The van der Waals surface area contributed by atoms with Crippen molar-refractivity contribution >= 4 is 16.7 Å². The van der Waals surface area contributed by atoms with E-state index < -0.39 is 12.7 Å². The Morgan fingerprint density at radius 2 is 2.35 bits per heavy atom. The van der Waals surface area contributed by atoms with Crippen LogP contribution in [-0.4, -0.2) is 46.6 Å². The molecule has 4 nitrogen and oxygen atoms in total. The highest BCUT2D eigenvalue weighted by Crippen LogP contribution is 2.23. The number of aromatic nitrogens is 2. The van der Waals surface area contributed by atoms with Crippen LogP contribution in [0.4, 0.5) is 18.3 Å². The van der Waals surface area contributed by atoms with Gasteiger partial charge in [0, 0.05) is 24.6 Å². The number of hydrogen-bond acceptors (Lipinski definition) is 5. The van der Waals surface area contributed by atoms with Gasteiger partial charge in [0.15, 0.2) is 0 Å². The zero-order valence-electron chi connectivity index (χ0n) is 9.07. The third-order valence-corrected chi connectivity index (χ3v) is 3.30. The second-order valence-electron chi connectivity index (χ2n) is 4.13. The van der Waals surface area contributed by atoms with Crippen LogP contribution in [0.3, 0.4) is 0 Å². The van der Waals surface area contributed by atoms with Crippen LogP contribution in [0.2, 0.25) is 0 Å². The maximum Gasteiger partial charge on any atom is 0.401 e. The Hall–Kier alpha value is -0.890. The van der Waals surface area contributed by atoms with Gasteiger partial charge in [-0.15, -0.1) is 0 Å². The highest BCUT2D eigenvalue weighted by Gasteiger charge is 2.34. The lowest BCUT2D eigenvalue weighted by Gasteiger charge is -2.17. The molecular weight excluding hydrogens is 253 g/mol. The minimum atomic E-state index is -4.10. The zero-order chi connectivity index (χ0) is 12.3. The molecule has 2 rings (SSSR count). The summed E-state index contributed by atoms with van der Waals surface area (Å²) in [6, 6.07) is 0. The van der Waals surface area contributed by atoms with Crippen molar-refractivity contribution in [3.8, 4) is 0 Å². The first-order valence-corrected chi connectivity index (χ1v) is 6.10. The number of hydrogen-bond donors (Lipinski definition) is 1. The van der Waals surface area contributed by atoms with E-state index in [0.717, 1.165) is 11.6 Å². The van der Waals surface area contributed by atoms with Crippen molar-refractivity contribution in [2.24, 2.45) is 5.92 Å². The van der Waals surface area contributed by atoms with Gasteiger partial charge >= 0.3 is 6.18 Å². The Balaban J connectivity index is 1.71. The van der Waals surface area contributed by atoms with Gasteiger partial charge < -0.3 is 5.32 Å². The first kappa shape index (κ1) is 12.6. The molecule has 0 radical (unpaired) electrons. The van der Waals surface area contributed by atoms with E-state index in [9.17, 15) is 13.2 Å². The predicted octanol–water partition coefficient (Wildman–Crippen LogP) is 1.83. The molecule has 1 fully saturated rings. The second-order valence-corrected chi connectivity index (χ2v) is 4.91. The summed E-state index contributed by atoms with van der Waals surface area (Å²) in [5, 5.41) is 3.81. The third-order valence-electron chi connectivity index (χ3n) is 2.68. The van der Waals surface area contributed by atoms with Crippen LogP contribution in [0.25, 0.3) is 0 Å². The van der Waals surface area contributed by atoms with Gasteiger partial charge in [-0.25, -0.2) is 4.98 Å². The van der Waals surface area contributed by atoms with Crippen LogP contribution in [-0.2, 0) is 0 Å². The van der Waals surface area contributed by atoms with E-state index in [1.165, 1.54) is 22.8 Å². The van der Waals surface area contributed by atoms with Crippen molar-refractivity contribution in [3.63, 3.8) is 0 Å². The Kier molecular flexibility index (Phi) is 3.82. The summed E-state index contributed by atoms with van der Waals surface area (Å²) >= 11 is 1.25. The van der Waals surface area contributed by atoms with E-state index in [1.807, 2.05) is 0 Å². The molecular formula is C9H13F3N4S. The van der Waals surface area contributed by atoms with Gasteiger partial charge in [-0.05, 0) is 18.9 Å². The highest BCUT2D eigenvalue weighted by molar-refractivity contribution is 7.09. The molecule has 1 aliphatic rings. The maximum atomic E-state index is 12.2. The van der Waals surface area contributed by atoms with E-state index in [0.29, 0.717) is 19.6 Å². The van der Waals surface area contributed by atoms with E-state index in [2.05, 4.69) is 14.7 Å². The van der Waals surface area contributed by atoms with Gasteiger partial charge in [0.25, 0.3) is 0 Å². The number of anilines is 1. The molecule has 1 aromatic heterocycles. The Bertz CT molecular complexity index is 341. The number of alkyl halides is 3. The minimum absolute atomic E-state index is 0.251. The quantitative estimate of drug-likeness (QED) is 0.902. The lowest BCUT2D eigenvalue weighted by molar-refractivity contribution is -0.143. The molecule has 2 heterocycles.